The average Bonchev–Trinajstić information content (AvgIpc) is 2.88. The van der Waals surface area contributed by atoms with E-state index < -0.39 is 11.4 Å². The number of carbonyl (C=O) groups is 2. The molecule has 1 aromatic carbocycles. The molecule has 0 aromatic heterocycles. The first-order chi connectivity index (χ1) is 9.80. The summed E-state index contributed by atoms with van der Waals surface area (Å²) in [5.74, 6) is -1.15. The van der Waals surface area contributed by atoms with Gasteiger partial charge in [-0.2, -0.15) is 0 Å². The molecule has 2 N–H and O–H groups in total. The standard InChI is InChI=1S/C16H20BrNO3/c1-16(2,11-4-6-12(17)7-5-11)15(21)18-13-8-3-10(9-13)14(19)20/h4-7,10,13H,3,8-9H2,1-2H3,(H,18,21)(H,19,20)/t10-,13+/m1/s1. The Morgan fingerprint density at radius 3 is 2.38 bits per heavy atom. The van der Waals surface area contributed by atoms with E-state index in [0.29, 0.717) is 12.8 Å². The number of amides is 1. The van der Waals surface area contributed by atoms with Crippen molar-refractivity contribution in [1.82, 2.24) is 5.32 Å². The van der Waals surface area contributed by atoms with Gasteiger partial charge in [-0.05, 0) is 50.8 Å². The fourth-order valence-corrected chi connectivity index (χ4v) is 2.96. The molecular formula is C16H20BrNO3. The average molecular weight is 354 g/mol. The lowest BCUT2D eigenvalue weighted by molar-refractivity contribution is -0.141. The van der Waals surface area contributed by atoms with Crippen molar-refractivity contribution in [2.45, 2.75) is 44.6 Å². The van der Waals surface area contributed by atoms with Crippen molar-refractivity contribution in [3.63, 3.8) is 0 Å². The first-order valence-corrected chi connectivity index (χ1v) is 7.90. The van der Waals surface area contributed by atoms with Crippen LogP contribution in [0.3, 0.4) is 0 Å². The van der Waals surface area contributed by atoms with Crippen molar-refractivity contribution in [1.29, 1.82) is 0 Å². The molecule has 0 unspecified atom stereocenters. The fourth-order valence-electron chi connectivity index (χ4n) is 2.70. The predicted octanol–water partition coefficient (Wildman–Crippen LogP) is 3.10. The molecule has 1 aliphatic rings. The number of rotatable bonds is 4. The molecule has 2 atom stereocenters. The largest absolute Gasteiger partial charge is 0.481 e. The molecule has 1 fully saturated rings. The van der Waals surface area contributed by atoms with Crippen LogP contribution in [0.4, 0.5) is 0 Å². The Kier molecular flexibility index (Phi) is 4.71. The summed E-state index contributed by atoms with van der Waals surface area (Å²) >= 11 is 3.38. The molecule has 0 saturated heterocycles. The highest BCUT2D eigenvalue weighted by atomic mass is 79.9. The number of carboxylic acid groups (broad SMARTS) is 1. The highest BCUT2D eigenvalue weighted by Gasteiger charge is 2.35. The van der Waals surface area contributed by atoms with Gasteiger partial charge in [0, 0.05) is 10.5 Å². The van der Waals surface area contributed by atoms with Gasteiger partial charge in [-0.15, -0.1) is 0 Å². The Labute approximate surface area is 133 Å². The van der Waals surface area contributed by atoms with Gasteiger partial charge in [-0.3, -0.25) is 9.59 Å². The highest BCUT2D eigenvalue weighted by molar-refractivity contribution is 9.10. The fraction of sp³-hybridized carbons (Fsp3) is 0.500. The second-order valence-corrected chi connectivity index (χ2v) is 7.07. The molecule has 0 radical (unpaired) electrons. The molecule has 4 nitrogen and oxygen atoms in total. The smallest absolute Gasteiger partial charge is 0.306 e. The minimum absolute atomic E-state index is 0.0340. The van der Waals surface area contributed by atoms with Gasteiger partial charge in [0.25, 0.3) is 0 Å². The summed E-state index contributed by atoms with van der Waals surface area (Å²) in [7, 11) is 0. The van der Waals surface area contributed by atoms with Crippen LogP contribution in [0.5, 0.6) is 0 Å². The summed E-state index contributed by atoms with van der Waals surface area (Å²) in [6.07, 6.45) is 1.90. The molecule has 114 valence electrons. The van der Waals surface area contributed by atoms with E-state index in [1.807, 2.05) is 38.1 Å². The second-order valence-electron chi connectivity index (χ2n) is 6.15. The van der Waals surface area contributed by atoms with Crippen LogP contribution in [0.25, 0.3) is 0 Å². The number of hydrogen-bond donors (Lipinski definition) is 2. The van der Waals surface area contributed by atoms with Crippen molar-refractivity contribution >= 4 is 27.8 Å². The molecule has 21 heavy (non-hydrogen) atoms. The topological polar surface area (TPSA) is 66.4 Å². The van der Waals surface area contributed by atoms with E-state index in [1.165, 1.54) is 0 Å². The third-order valence-corrected chi connectivity index (χ3v) is 4.78. The molecule has 1 amide bonds. The molecular weight excluding hydrogens is 334 g/mol. The maximum Gasteiger partial charge on any atom is 0.306 e. The van der Waals surface area contributed by atoms with Gasteiger partial charge in [0.1, 0.15) is 0 Å². The first-order valence-electron chi connectivity index (χ1n) is 7.10. The van der Waals surface area contributed by atoms with E-state index in [2.05, 4.69) is 21.2 Å². The van der Waals surface area contributed by atoms with Crippen molar-refractivity contribution < 1.29 is 14.7 Å². The molecule has 5 heteroatoms. The second kappa shape index (κ2) is 6.18. The lowest BCUT2D eigenvalue weighted by Gasteiger charge is -2.26. The Hall–Kier alpha value is -1.36. The van der Waals surface area contributed by atoms with E-state index in [0.717, 1.165) is 16.5 Å². The van der Waals surface area contributed by atoms with Crippen LogP contribution in [0.1, 0.15) is 38.7 Å². The van der Waals surface area contributed by atoms with Crippen LogP contribution in [-0.4, -0.2) is 23.0 Å². The Balaban J connectivity index is 2.02. The minimum atomic E-state index is -0.765. The highest BCUT2D eigenvalue weighted by Crippen LogP contribution is 2.29. The van der Waals surface area contributed by atoms with E-state index in [-0.39, 0.29) is 17.9 Å². The quantitative estimate of drug-likeness (QED) is 0.873. The number of benzene rings is 1. The monoisotopic (exact) mass is 353 g/mol. The summed E-state index contributed by atoms with van der Waals surface area (Å²) < 4.78 is 0.975. The molecule has 0 spiro atoms. The van der Waals surface area contributed by atoms with Gasteiger partial charge >= 0.3 is 5.97 Å². The molecule has 2 rings (SSSR count). The Bertz CT molecular complexity index is 539. The van der Waals surface area contributed by atoms with Crippen molar-refractivity contribution in [3.8, 4) is 0 Å². The lowest BCUT2D eigenvalue weighted by Crippen LogP contribution is -2.44. The number of carbonyl (C=O) groups excluding carboxylic acids is 1. The zero-order valence-electron chi connectivity index (χ0n) is 12.2. The van der Waals surface area contributed by atoms with E-state index >= 15 is 0 Å². The zero-order chi connectivity index (χ0) is 15.6. The SMILES string of the molecule is CC(C)(C(=O)N[C@H]1CC[C@@H](C(=O)O)C1)c1ccc(Br)cc1. The Morgan fingerprint density at radius 1 is 1.24 bits per heavy atom. The van der Waals surface area contributed by atoms with Gasteiger partial charge in [-0.1, -0.05) is 28.1 Å². The van der Waals surface area contributed by atoms with Crippen LogP contribution in [0.15, 0.2) is 28.7 Å². The van der Waals surface area contributed by atoms with E-state index in [1.54, 1.807) is 0 Å². The maximum atomic E-state index is 12.5. The molecule has 1 aliphatic carbocycles. The van der Waals surface area contributed by atoms with Crippen LogP contribution in [0, 0.1) is 5.92 Å². The maximum absolute atomic E-state index is 12.5. The Morgan fingerprint density at radius 2 is 1.86 bits per heavy atom. The van der Waals surface area contributed by atoms with Crippen LogP contribution in [-0.2, 0) is 15.0 Å². The molecule has 1 saturated carbocycles. The lowest BCUT2D eigenvalue weighted by atomic mass is 9.83. The van der Waals surface area contributed by atoms with Crippen molar-refractivity contribution in [2.75, 3.05) is 0 Å². The summed E-state index contributed by atoms with van der Waals surface area (Å²) in [5, 5.41) is 12.0. The summed E-state index contributed by atoms with van der Waals surface area (Å²) in [5.41, 5.74) is 0.304. The number of nitrogens with one attached hydrogen (secondary N) is 1. The first kappa shape index (κ1) is 16.0. The normalized spacial score (nSPS) is 22.0. The van der Waals surface area contributed by atoms with Crippen molar-refractivity contribution in [3.05, 3.63) is 34.3 Å². The van der Waals surface area contributed by atoms with Crippen molar-refractivity contribution in [2.24, 2.45) is 5.92 Å². The van der Waals surface area contributed by atoms with Gasteiger partial charge in [0.15, 0.2) is 0 Å². The number of hydrogen-bond acceptors (Lipinski definition) is 2. The van der Waals surface area contributed by atoms with Gasteiger partial charge in [0.2, 0.25) is 5.91 Å². The molecule has 0 aliphatic heterocycles. The van der Waals surface area contributed by atoms with Crippen LogP contribution in [0.2, 0.25) is 0 Å². The number of aliphatic carboxylic acids is 1. The molecule has 0 bridgehead atoms. The van der Waals surface area contributed by atoms with E-state index in [9.17, 15) is 9.59 Å². The van der Waals surface area contributed by atoms with Gasteiger partial charge in [-0.25, -0.2) is 0 Å². The third-order valence-electron chi connectivity index (χ3n) is 4.25. The molecule has 1 aromatic rings. The van der Waals surface area contributed by atoms with Crippen LogP contribution >= 0.6 is 15.9 Å². The number of carboxylic acids is 1. The predicted molar refractivity (Wildman–Crippen MR) is 84.1 cm³/mol. The number of halogens is 1. The molecule has 0 heterocycles. The van der Waals surface area contributed by atoms with Gasteiger partial charge < -0.3 is 10.4 Å². The van der Waals surface area contributed by atoms with Gasteiger partial charge in [0.05, 0.1) is 11.3 Å². The third kappa shape index (κ3) is 3.64. The summed E-state index contributed by atoms with van der Waals surface area (Å²) in [6, 6.07) is 7.66. The van der Waals surface area contributed by atoms with Crippen LogP contribution < -0.4 is 5.32 Å². The summed E-state index contributed by atoms with van der Waals surface area (Å²) in [4.78, 5) is 23.5. The summed E-state index contributed by atoms with van der Waals surface area (Å²) in [6.45, 7) is 3.77. The minimum Gasteiger partial charge on any atom is -0.481 e. The van der Waals surface area contributed by atoms with E-state index in [4.69, 9.17) is 5.11 Å². The zero-order valence-corrected chi connectivity index (χ0v) is 13.8.